The summed E-state index contributed by atoms with van der Waals surface area (Å²) in [6, 6.07) is 25.9. The molecule has 5 aromatic rings. The van der Waals surface area contributed by atoms with E-state index in [-0.39, 0.29) is 24.4 Å². The summed E-state index contributed by atoms with van der Waals surface area (Å²) in [5.74, 6) is -0.657. The minimum absolute atomic E-state index is 0.106. The fraction of sp³-hybridized carbons (Fsp3) is 0.133. The van der Waals surface area contributed by atoms with Crippen molar-refractivity contribution in [1.82, 2.24) is 20.6 Å². The zero-order valence-electron chi connectivity index (χ0n) is 22.1. The number of rotatable bonds is 11. The van der Waals surface area contributed by atoms with Crippen molar-refractivity contribution in [1.29, 1.82) is 0 Å². The Kier molecular flexibility index (Phi) is 8.55. The Balaban J connectivity index is 1.40. The number of amides is 1. The van der Waals surface area contributed by atoms with Crippen LogP contribution in [-0.2, 0) is 16.2 Å². The summed E-state index contributed by atoms with van der Waals surface area (Å²) in [4.78, 5) is 32.8. The first-order valence-electron chi connectivity index (χ1n) is 12.7. The number of hydrogen-bond acceptors (Lipinski definition) is 8. The highest BCUT2D eigenvalue weighted by molar-refractivity contribution is 7.12. The number of tetrazole rings is 1. The van der Waals surface area contributed by atoms with Crippen molar-refractivity contribution in [2.45, 2.75) is 19.4 Å². The van der Waals surface area contributed by atoms with Gasteiger partial charge in [0.15, 0.2) is 5.82 Å². The molecular formula is C30H26N6O4S. The van der Waals surface area contributed by atoms with Crippen LogP contribution < -0.4 is 4.90 Å². The van der Waals surface area contributed by atoms with Crippen LogP contribution >= 0.6 is 11.3 Å². The van der Waals surface area contributed by atoms with E-state index < -0.39 is 5.97 Å². The number of carbonyl (C=O) groups is 2. The van der Waals surface area contributed by atoms with Gasteiger partial charge >= 0.3 is 5.97 Å². The van der Waals surface area contributed by atoms with Gasteiger partial charge in [0.2, 0.25) is 5.91 Å². The first-order valence-corrected chi connectivity index (χ1v) is 13.6. The van der Waals surface area contributed by atoms with E-state index in [0.29, 0.717) is 23.6 Å². The highest BCUT2D eigenvalue weighted by Crippen LogP contribution is 2.30. The van der Waals surface area contributed by atoms with Gasteiger partial charge in [-0.05, 0) is 56.8 Å². The van der Waals surface area contributed by atoms with Crippen molar-refractivity contribution in [3.05, 3.63) is 106 Å². The van der Waals surface area contributed by atoms with Gasteiger partial charge in [-0.1, -0.05) is 65.8 Å². The Hall–Kier alpha value is -5.16. The number of nitrogens with zero attached hydrogens (tertiary/aromatic N) is 5. The van der Waals surface area contributed by atoms with Gasteiger partial charge in [-0.25, -0.2) is 9.89 Å². The quantitative estimate of drug-likeness (QED) is 0.156. The van der Waals surface area contributed by atoms with Crippen LogP contribution in [0.3, 0.4) is 0 Å². The molecule has 0 atom stereocenters. The number of oxime groups is 1. The maximum Gasteiger partial charge on any atom is 0.335 e. The second-order valence-corrected chi connectivity index (χ2v) is 9.97. The number of anilines is 1. The van der Waals surface area contributed by atoms with Gasteiger partial charge in [-0.3, -0.25) is 4.79 Å². The van der Waals surface area contributed by atoms with Gasteiger partial charge in [0, 0.05) is 24.1 Å². The van der Waals surface area contributed by atoms with Crippen molar-refractivity contribution in [3.8, 4) is 22.5 Å². The van der Waals surface area contributed by atoms with Crippen LogP contribution in [0.5, 0.6) is 0 Å². The van der Waals surface area contributed by atoms with Crippen molar-refractivity contribution in [3.63, 3.8) is 0 Å². The van der Waals surface area contributed by atoms with E-state index in [1.807, 2.05) is 66.0 Å². The van der Waals surface area contributed by atoms with Crippen molar-refractivity contribution >= 4 is 34.6 Å². The molecule has 0 saturated heterocycles. The molecule has 0 spiro atoms. The lowest BCUT2D eigenvalue weighted by Gasteiger charge is -2.24. The molecule has 5 rings (SSSR count). The number of nitrogens with one attached hydrogen (secondary N) is 1. The van der Waals surface area contributed by atoms with Crippen LogP contribution in [0, 0.1) is 0 Å². The summed E-state index contributed by atoms with van der Waals surface area (Å²) >= 11 is 1.52. The minimum Gasteiger partial charge on any atom is -0.478 e. The summed E-state index contributed by atoms with van der Waals surface area (Å²) in [7, 11) is 1.48. The van der Waals surface area contributed by atoms with E-state index >= 15 is 0 Å². The van der Waals surface area contributed by atoms with Crippen molar-refractivity contribution < 1.29 is 19.5 Å². The van der Waals surface area contributed by atoms with E-state index in [2.05, 4.69) is 25.8 Å². The monoisotopic (exact) mass is 566 g/mol. The minimum atomic E-state index is -1.06. The summed E-state index contributed by atoms with van der Waals surface area (Å²) in [6.45, 7) is 0.256. The zero-order chi connectivity index (χ0) is 28.6. The molecule has 0 bridgehead atoms. The molecule has 2 N–H and O–H groups in total. The van der Waals surface area contributed by atoms with Crippen LogP contribution in [0.15, 0.2) is 95.5 Å². The van der Waals surface area contributed by atoms with Gasteiger partial charge in [-0.15, -0.1) is 16.4 Å². The van der Waals surface area contributed by atoms with E-state index in [1.165, 1.54) is 30.6 Å². The Morgan fingerprint density at radius 1 is 0.976 bits per heavy atom. The average molecular weight is 567 g/mol. The topological polar surface area (TPSA) is 134 Å². The number of H-pyrrole nitrogens is 1. The van der Waals surface area contributed by atoms with Crippen LogP contribution in [0.1, 0.15) is 33.6 Å². The fourth-order valence-electron chi connectivity index (χ4n) is 4.44. The Morgan fingerprint density at radius 3 is 2.46 bits per heavy atom. The third-order valence-electron chi connectivity index (χ3n) is 6.42. The second-order valence-electron chi connectivity index (χ2n) is 9.03. The number of thiophene rings is 1. The number of hydrogen-bond donors (Lipinski definition) is 2. The molecule has 0 fully saturated rings. The molecule has 0 aliphatic carbocycles. The molecule has 0 unspecified atom stereocenters. The Labute approximate surface area is 239 Å². The van der Waals surface area contributed by atoms with Crippen molar-refractivity contribution in [2.24, 2.45) is 5.16 Å². The molecular weight excluding hydrogens is 540 g/mol. The van der Waals surface area contributed by atoms with Gasteiger partial charge < -0.3 is 14.8 Å². The molecule has 41 heavy (non-hydrogen) atoms. The first-order chi connectivity index (χ1) is 20.0. The normalized spacial score (nSPS) is 11.3. The number of aromatic carboxylic acids is 1. The summed E-state index contributed by atoms with van der Waals surface area (Å²) in [5.41, 5.74) is 4.96. The van der Waals surface area contributed by atoms with Crippen LogP contribution in [0.2, 0.25) is 0 Å². The smallest absolute Gasteiger partial charge is 0.335 e. The van der Waals surface area contributed by atoms with Crippen LogP contribution in [0.25, 0.3) is 22.5 Å². The largest absolute Gasteiger partial charge is 0.478 e. The second kappa shape index (κ2) is 12.8. The molecule has 0 saturated carbocycles. The number of carboxylic acid groups (broad SMARTS) is 1. The Bertz CT molecular complexity index is 1650. The maximum absolute atomic E-state index is 13.6. The van der Waals surface area contributed by atoms with E-state index in [4.69, 9.17) is 4.84 Å². The number of aromatic nitrogens is 4. The maximum atomic E-state index is 13.6. The molecule has 0 aliphatic heterocycles. The fourth-order valence-corrected chi connectivity index (χ4v) is 5.18. The Morgan fingerprint density at radius 2 is 1.78 bits per heavy atom. The van der Waals surface area contributed by atoms with E-state index in [1.54, 1.807) is 17.0 Å². The molecule has 3 aromatic carbocycles. The molecule has 11 heteroatoms. The van der Waals surface area contributed by atoms with E-state index in [0.717, 1.165) is 27.1 Å². The first kappa shape index (κ1) is 27.4. The SMILES string of the molecule is CO/N=C(/CCC(=O)N(Cc1ccc(-c2ccccc2-c2nnn[nH]2)cc1)c1cccc(C(=O)O)c1)c1cccs1. The average Bonchev–Trinajstić information content (AvgIpc) is 3.74. The summed E-state index contributed by atoms with van der Waals surface area (Å²) in [5, 5.41) is 29.8. The molecule has 206 valence electrons. The summed E-state index contributed by atoms with van der Waals surface area (Å²) in [6.07, 6.45) is 0.530. The van der Waals surface area contributed by atoms with Crippen LogP contribution in [-0.4, -0.2) is 50.4 Å². The van der Waals surface area contributed by atoms with Gasteiger partial charge in [0.05, 0.1) is 22.7 Å². The highest BCUT2D eigenvalue weighted by atomic mass is 32.1. The number of benzene rings is 3. The zero-order valence-corrected chi connectivity index (χ0v) is 22.9. The van der Waals surface area contributed by atoms with Gasteiger partial charge in [-0.2, -0.15) is 0 Å². The molecule has 0 radical (unpaired) electrons. The standard InChI is InChI=1S/C30H26N6O4S/c1-40-33-26(27-10-5-17-41-27)15-16-28(37)36(23-7-4-6-22(18-23)30(38)39)19-20-11-13-21(14-12-20)24-8-2-3-9-25(24)29-31-34-35-32-29/h2-14,17-18H,15-16,19H2,1H3,(H,38,39)(H,31,32,34,35)/b33-26-. The van der Waals surface area contributed by atoms with Crippen LogP contribution in [0.4, 0.5) is 5.69 Å². The molecule has 2 heterocycles. The molecule has 0 aliphatic rings. The highest BCUT2D eigenvalue weighted by Gasteiger charge is 2.20. The lowest BCUT2D eigenvalue weighted by molar-refractivity contribution is -0.118. The molecule has 10 nitrogen and oxygen atoms in total. The van der Waals surface area contributed by atoms with E-state index in [9.17, 15) is 14.7 Å². The molecule has 2 aromatic heterocycles. The lowest BCUT2D eigenvalue weighted by atomic mass is 9.98. The molecule has 1 amide bonds. The third-order valence-corrected chi connectivity index (χ3v) is 7.34. The summed E-state index contributed by atoms with van der Waals surface area (Å²) < 4.78 is 0. The predicted molar refractivity (Wildman–Crippen MR) is 157 cm³/mol. The van der Waals surface area contributed by atoms with Crippen molar-refractivity contribution in [2.75, 3.05) is 12.0 Å². The third kappa shape index (κ3) is 6.53. The number of carboxylic acids is 1. The lowest BCUT2D eigenvalue weighted by Crippen LogP contribution is -2.31. The number of aromatic amines is 1. The number of carbonyl (C=O) groups excluding carboxylic acids is 1. The van der Waals surface area contributed by atoms with Gasteiger partial charge in [0.25, 0.3) is 0 Å². The van der Waals surface area contributed by atoms with Gasteiger partial charge in [0.1, 0.15) is 7.11 Å². The predicted octanol–water partition coefficient (Wildman–Crippen LogP) is 5.66.